The molecule has 2 atom stereocenters. The number of hydrogen-bond acceptors (Lipinski definition) is 6. The second kappa shape index (κ2) is 7.80. The fourth-order valence-electron chi connectivity index (χ4n) is 3.86. The van der Waals surface area contributed by atoms with Crippen molar-refractivity contribution in [3.05, 3.63) is 47.4 Å². The van der Waals surface area contributed by atoms with E-state index >= 15 is 0 Å². The summed E-state index contributed by atoms with van der Waals surface area (Å²) in [7, 11) is 3.14. The predicted molar refractivity (Wildman–Crippen MR) is 104 cm³/mol. The summed E-state index contributed by atoms with van der Waals surface area (Å²) < 4.78 is 44.3. The van der Waals surface area contributed by atoms with Crippen LogP contribution in [0.15, 0.2) is 30.5 Å². The summed E-state index contributed by atoms with van der Waals surface area (Å²) in [6, 6.07) is 3.96. The number of likely N-dealkylation sites (N-methyl/N-ethyl adjacent to an activating group) is 1. The average Bonchev–Trinajstić information content (AvgIpc) is 2.98. The lowest BCUT2D eigenvalue weighted by atomic mass is 9.93. The van der Waals surface area contributed by atoms with Gasteiger partial charge in [-0.3, -0.25) is 9.69 Å². The molecule has 2 aliphatic heterocycles. The molecule has 0 bridgehead atoms. The van der Waals surface area contributed by atoms with Gasteiger partial charge in [0.1, 0.15) is 12.3 Å². The Hall–Kier alpha value is -3.21. The van der Waals surface area contributed by atoms with E-state index in [0.29, 0.717) is 42.1 Å². The molecule has 0 aliphatic carbocycles. The molecule has 0 radical (unpaired) electrons. The Morgan fingerprint density at radius 3 is 2.74 bits per heavy atom. The van der Waals surface area contributed by atoms with Gasteiger partial charge in [-0.05, 0) is 24.1 Å². The number of fused-ring (bicyclic) bond motifs is 1. The third-order valence-electron chi connectivity index (χ3n) is 5.52. The first-order valence-corrected chi connectivity index (χ1v) is 9.56. The van der Waals surface area contributed by atoms with Crippen molar-refractivity contribution in [3.63, 3.8) is 0 Å². The number of ether oxygens (including phenoxy) is 1. The maximum Gasteiger partial charge on any atom is 0.416 e. The summed E-state index contributed by atoms with van der Waals surface area (Å²) in [5.74, 6) is 0.807. The van der Waals surface area contributed by atoms with Crippen LogP contribution >= 0.6 is 0 Å². The highest BCUT2D eigenvalue weighted by Crippen LogP contribution is 2.41. The molecule has 164 valence electrons. The van der Waals surface area contributed by atoms with E-state index in [1.165, 1.54) is 29.2 Å². The lowest BCUT2D eigenvalue weighted by Crippen LogP contribution is -2.56. The minimum absolute atomic E-state index is 0.171. The van der Waals surface area contributed by atoms with E-state index in [-0.39, 0.29) is 6.61 Å². The zero-order valence-electron chi connectivity index (χ0n) is 16.8. The van der Waals surface area contributed by atoms with Crippen LogP contribution in [0.2, 0.25) is 0 Å². The zero-order valence-corrected chi connectivity index (χ0v) is 16.8. The van der Waals surface area contributed by atoms with Crippen LogP contribution in [0.25, 0.3) is 0 Å². The van der Waals surface area contributed by atoms with Gasteiger partial charge < -0.3 is 14.5 Å². The third-order valence-corrected chi connectivity index (χ3v) is 5.52. The van der Waals surface area contributed by atoms with Gasteiger partial charge in [0.15, 0.2) is 24.1 Å². The van der Waals surface area contributed by atoms with E-state index in [1.54, 1.807) is 18.0 Å². The van der Waals surface area contributed by atoms with Gasteiger partial charge in [0.2, 0.25) is 0 Å². The molecule has 1 saturated heterocycles. The average molecular weight is 435 g/mol. The van der Waals surface area contributed by atoms with Crippen molar-refractivity contribution >= 4 is 23.8 Å². The smallest absolute Gasteiger partial charge is 0.377 e. The van der Waals surface area contributed by atoms with E-state index in [9.17, 15) is 22.8 Å². The standard InChI is InChI=1S/C20H20F3N5O3/c1-26-17(10-29)28(15-9-24-16(11-31-2)25-18(15)26)19(30)27-7-6-14(27)12-4-3-5-13(8-12)20(21,22)23/h3-5,8-10,14,17H,6-7,11H2,1-2H3. The number of amides is 2. The minimum atomic E-state index is -4.47. The Balaban J connectivity index is 1.63. The molecular formula is C20H20F3N5O3. The molecule has 8 nitrogen and oxygen atoms in total. The number of anilines is 2. The molecule has 2 aromatic rings. The van der Waals surface area contributed by atoms with E-state index in [4.69, 9.17) is 4.74 Å². The first-order valence-electron chi connectivity index (χ1n) is 9.56. The zero-order chi connectivity index (χ0) is 22.3. The number of aromatic nitrogens is 2. The Kier molecular flexibility index (Phi) is 5.29. The fraction of sp³-hybridized carbons (Fsp3) is 0.400. The molecule has 11 heteroatoms. The van der Waals surface area contributed by atoms with Gasteiger partial charge in [0.25, 0.3) is 0 Å². The van der Waals surface area contributed by atoms with Crippen molar-refractivity contribution in [2.45, 2.75) is 31.4 Å². The molecular weight excluding hydrogens is 415 g/mol. The highest BCUT2D eigenvalue weighted by Gasteiger charge is 2.45. The van der Waals surface area contributed by atoms with Gasteiger partial charge >= 0.3 is 12.2 Å². The van der Waals surface area contributed by atoms with E-state index < -0.39 is 30.0 Å². The lowest BCUT2D eigenvalue weighted by molar-refractivity contribution is -0.137. The summed E-state index contributed by atoms with van der Waals surface area (Å²) in [5.41, 5.74) is -0.00363. The first-order chi connectivity index (χ1) is 14.8. The monoisotopic (exact) mass is 435 g/mol. The molecule has 2 amide bonds. The highest BCUT2D eigenvalue weighted by atomic mass is 19.4. The highest BCUT2D eigenvalue weighted by molar-refractivity contribution is 6.03. The van der Waals surface area contributed by atoms with Crippen molar-refractivity contribution in [1.82, 2.24) is 14.9 Å². The van der Waals surface area contributed by atoms with Gasteiger partial charge in [-0.1, -0.05) is 12.1 Å². The number of methoxy groups -OCH3 is 1. The molecule has 4 rings (SSSR count). The number of halogens is 3. The maximum absolute atomic E-state index is 13.3. The predicted octanol–water partition coefficient (Wildman–Crippen LogP) is 2.99. The van der Waals surface area contributed by atoms with Gasteiger partial charge in [-0.25, -0.2) is 14.8 Å². The summed E-state index contributed by atoms with van der Waals surface area (Å²) in [4.78, 5) is 38.0. The van der Waals surface area contributed by atoms with Crippen molar-refractivity contribution in [3.8, 4) is 0 Å². The molecule has 3 heterocycles. The molecule has 2 unspecified atom stereocenters. The van der Waals surface area contributed by atoms with E-state index in [1.807, 2.05) is 0 Å². The normalized spacial score (nSPS) is 20.5. The van der Waals surface area contributed by atoms with Crippen LogP contribution in [-0.4, -0.2) is 54.1 Å². The van der Waals surface area contributed by atoms with Gasteiger partial charge in [-0.15, -0.1) is 0 Å². The van der Waals surface area contributed by atoms with Gasteiger partial charge in [0.05, 0.1) is 17.8 Å². The summed E-state index contributed by atoms with van der Waals surface area (Å²) >= 11 is 0. The Bertz CT molecular complexity index is 1020. The molecule has 0 spiro atoms. The summed E-state index contributed by atoms with van der Waals surface area (Å²) in [6.45, 7) is 0.536. The van der Waals surface area contributed by atoms with Crippen LogP contribution in [0.1, 0.15) is 29.4 Å². The number of hydrogen-bond donors (Lipinski definition) is 0. The minimum Gasteiger partial charge on any atom is -0.377 e. The van der Waals surface area contributed by atoms with E-state index in [2.05, 4.69) is 9.97 Å². The Morgan fingerprint density at radius 1 is 1.35 bits per heavy atom. The summed E-state index contributed by atoms with van der Waals surface area (Å²) in [6.07, 6.45) is -2.80. The number of likely N-dealkylation sites (tertiary alicyclic amines) is 1. The van der Waals surface area contributed by atoms with Crippen LogP contribution in [-0.2, 0) is 22.3 Å². The number of rotatable bonds is 4. The molecule has 1 aromatic heterocycles. The van der Waals surface area contributed by atoms with Crippen LogP contribution in [0, 0.1) is 0 Å². The number of carbonyl (C=O) groups excluding carboxylic acids is 2. The van der Waals surface area contributed by atoms with Crippen LogP contribution in [0.3, 0.4) is 0 Å². The quantitative estimate of drug-likeness (QED) is 0.687. The topological polar surface area (TPSA) is 78.9 Å². The van der Waals surface area contributed by atoms with E-state index in [0.717, 1.165) is 12.1 Å². The molecule has 1 aromatic carbocycles. The number of nitrogens with zero attached hydrogens (tertiary/aromatic N) is 5. The van der Waals surface area contributed by atoms with Crippen LogP contribution in [0.5, 0.6) is 0 Å². The first kappa shape index (κ1) is 21.0. The molecule has 0 saturated carbocycles. The number of alkyl halides is 3. The van der Waals surface area contributed by atoms with Gasteiger partial charge in [0, 0.05) is 20.7 Å². The second-order valence-corrected chi connectivity index (χ2v) is 7.36. The maximum atomic E-state index is 13.3. The molecule has 1 fully saturated rings. The van der Waals surface area contributed by atoms with Crippen LogP contribution < -0.4 is 9.80 Å². The fourth-order valence-corrected chi connectivity index (χ4v) is 3.86. The largest absolute Gasteiger partial charge is 0.416 e. The molecule has 0 N–H and O–H groups in total. The number of urea groups is 1. The lowest BCUT2D eigenvalue weighted by Gasteiger charge is -2.43. The molecule has 2 aliphatic rings. The van der Waals surface area contributed by atoms with Crippen molar-refractivity contribution in [2.75, 3.05) is 30.5 Å². The second-order valence-electron chi connectivity index (χ2n) is 7.36. The Labute approximate surface area is 176 Å². The van der Waals surface area contributed by atoms with Gasteiger partial charge in [-0.2, -0.15) is 13.2 Å². The number of benzene rings is 1. The summed E-state index contributed by atoms with van der Waals surface area (Å²) in [5, 5.41) is 0. The van der Waals surface area contributed by atoms with Crippen molar-refractivity contribution in [2.24, 2.45) is 0 Å². The molecule has 31 heavy (non-hydrogen) atoms. The van der Waals surface area contributed by atoms with Crippen molar-refractivity contribution in [1.29, 1.82) is 0 Å². The Morgan fingerprint density at radius 2 is 2.13 bits per heavy atom. The van der Waals surface area contributed by atoms with Crippen LogP contribution in [0.4, 0.5) is 29.5 Å². The third kappa shape index (κ3) is 3.58. The van der Waals surface area contributed by atoms with Crippen molar-refractivity contribution < 1.29 is 27.5 Å². The number of aldehydes is 1. The SMILES string of the molecule is COCc1ncc2c(n1)N(C)C(C=O)N2C(=O)N1CCC1c1cccc(C(F)(F)F)c1. The number of carbonyl (C=O) groups is 2.